The molecule has 11 nitrogen and oxygen atoms in total. The summed E-state index contributed by atoms with van der Waals surface area (Å²) in [5.41, 5.74) is 0. The number of thioether (sulfide) groups is 1. The van der Waals surface area contributed by atoms with Crippen molar-refractivity contribution < 1.29 is 33.5 Å². The molecule has 4 atom stereocenters. The van der Waals surface area contributed by atoms with Gasteiger partial charge < -0.3 is 26.0 Å². The van der Waals surface area contributed by atoms with Gasteiger partial charge in [0.25, 0.3) is 0 Å². The van der Waals surface area contributed by atoms with Crippen molar-refractivity contribution in [3.8, 4) is 0 Å². The summed E-state index contributed by atoms with van der Waals surface area (Å²) in [4.78, 5) is 73.2. The summed E-state index contributed by atoms with van der Waals surface area (Å²) in [6.07, 6.45) is 2.56. The first-order valence-electron chi connectivity index (χ1n) is 11.1. The summed E-state index contributed by atoms with van der Waals surface area (Å²) >= 11 is 1.15. The highest BCUT2D eigenvalue weighted by Crippen LogP contribution is 2.08. The predicted octanol–water partition coefficient (Wildman–Crippen LogP) is -0.206. The number of hydrogen-bond donors (Lipinski definition) is 4. The lowest BCUT2D eigenvalue weighted by molar-refractivity contribution is -0.148. The molecule has 0 bridgehead atoms. The van der Waals surface area contributed by atoms with Crippen LogP contribution in [0.1, 0.15) is 47.5 Å². The Bertz CT molecular complexity index is 815. The van der Waals surface area contributed by atoms with Crippen LogP contribution in [0.15, 0.2) is 12.2 Å². The van der Waals surface area contributed by atoms with Gasteiger partial charge in [0.15, 0.2) is 5.12 Å². The molecule has 0 saturated carbocycles. The second kappa shape index (κ2) is 14.4. The van der Waals surface area contributed by atoms with Crippen LogP contribution in [0.5, 0.6) is 0 Å². The maximum Gasteiger partial charge on any atom is 0.326 e. The van der Waals surface area contributed by atoms with E-state index in [0.29, 0.717) is 12.2 Å². The minimum Gasteiger partial charge on any atom is -0.456 e. The van der Waals surface area contributed by atoms with E-state index < -0.39 is 60.4 Å². The fraction of sp³-hybridized carbons (Fsp3) is 0.636. The number of esters is 1. The zero-order chi connectivity index (χ0) is 25.8. The van der Waals surface area contributed by atoms with Gasteiger partial charge in [-0.2, -0.15) is 0 Å². The largest absolute Gasteiger partial charge is 0.456 e. The first-order valence-corrected chi connectivity index (χ1v) is 12.1. The van der Waals surface area contributed by atoms with Gasteiger partial charge in [0.05, 0.1) is 6.42 Å². The average Bonchev–Trinajstić information content (AvgIpc) is 2.73. The third-order valence-corrected chi connectivity index (χ3v) is 5.63. The van der Waals surface area contributed by atoms with Gasteiger partial charge in [-0.05, 0) is 32.3 Å². The zero-order valence-corrected chi connectivity index (χ0v) is 21.0. The number of allylic oxidation sites excluding steroid dienone is 1. The molecule has 4 amide bonds. The summed E-state index contributed by atoms with van der Waals surface area (Å²) in [7, 11) is 0. The van der Waals surface area contributed by atoms with E-state index in [1.807, 2.05) is 0 Å². The lowest BCUT2D eigenvalue weighted by Gasteiger charge is -2.25. The normalized spacial score (nSPS) is 25.9. The predicted molar refractivity (Wildman–Crippen MR) is 126 cm³/mol. The Hall–Kier alpha value is -2.89. The number of ether oxygens (including phenoxy) is 1. The Labute approximate surface area is 203 Å². The van der Waals surface area contributed by atoms with Crippen LogP contribution in [-0.4, -0.2) is 71.2 Å². The number of rotatable bonds is 5. The molecule has 0 aliphatic carbocycles. The van der Waals surface area contributed by atoms with E-state index in [0.717, 1.165) is 11.8 Å². The molecule has 0 radical (unpaired) electrons. The van der Waals surface area contributed by atoms with Crippen molar-refractivity contribution in [1.82, 2.24) is 21.3 Å². The summed E-state index contributed by atoms with van der Waals surface area (Å²) in [6.45, 7) is 7.39. The van der Waals surface area contributed by atoms with Crippen LogP contribution in [0.25, 0.3) is 0 Å². The molecule has 1 rings (SSSR count). The van der Waals surface area contributed by atoms with E-state index in [1.54, 1.807) is 19.9 Å². The molecule has 0 aromatic heterocycles. The molecule has 0 aromatic rings. The molecule has 12 heteroatoms. The monoisotopic (exact) mass is 498 g/mol. The summed E-state index contributed by atoms with van der Waals surface area (Å²) in [6, 6.07) is -2.84. The number of cyclic esters (lactones) is 1. The molecule has 1 aliphatic heterocycles. The molecule has 1 fully saturated rings. The van der Waals surface area contributed by atoms with E-state index in [1.165, 1.54) is 26.8 Å². The van der Waals surface area contributed by atoms with E-state index in [2.05, 4.69) is 21.3 Å². The van der Waals surface area contributed by atoms with Crippen LogP contribution in [0.4, 0.5) is 0 Å². The topological polar surface area (TPSA) is 160 Å². The lowest BCUT2D eigenvalue weighted by atomic mass is 10.0. The molecule has 190 valence electrons. The first kappa shape index (κ1) is 29.1. The Balaban J connectivity index is 3.03. The maximum absolute atomic E-state index is 12.6. The molecule has 34 heavy (non-hydrogen) atoms. The van der Waals surface area contributed by atoms with Crippen LogP contribution in [-0.2, 0) is 33.5 Å². The highest BCUT2D eigenvalue weighted by Gasteiger charge is 2.29. The second-order valence-electron chi connectivity index (χ2n) is 8.26. The van der Waals surface area contributed by atoms with E-state index in [9.17, 15) is 28.8 Å². The highest BCUT2D eigenvalue weighted by molar-refractivity contribution is 8.13. The van der Waals surface area contributed by atoms with Gasteiger partial charge in [0, 0.05) is 12.7 Å². The maximum atomic E-state index is 12.6. The smallest absolute Gasteiger partial charge is 0.326 e. The van der Waals surface area contributed by atoms with Crippen molar-refractivity contribution in [3.63, 3.8) is 0 Å². The quantitative estimate of drug-likeness (QED) is 0.230. The third-order valence-electron chi connectivity index (χ3n) is 4.79. The Morgan fingerprint density at radius 3 is 2.26 bits per heavy atom. The third kappa shape index (κ3) is 10.8. The van der Waals surface area contributed by atoms with Gasteiger partial charge in [0.2, 0.25) is 23.6 Å². The molecule has 0 spiro atoms. The van der Waals surface area contributed by atoms with Crippen molar-refractivity contribution in [2.75, 3.05) is 12.3 Å². The second-order valence-corrected chi connectivity index (χ2v) is 9.53. The SMILES string of the molecule is CC(=O)SCC/C=C/[C@@H]1CC(=O)N[C@H](C)C(=O)N[C@@H](C)C(=O)N[C@H](C(C)C)C(=O)NCC(=O)O1. The number of amides is 4. The Morgan fingerprint density at radius 2 is 1.65 bits per heavy atom. The Kier molecular flexibility index (Phi) is 12.3. The van der Waals surface area contributed by atoms with Crippen molar-refractivity contribution >= 4 is 46.5 Å². The van der Waals surface area contributed by atoms with E-state index in [4.69, 9.17) is 4.74 Å². The van der Waals surface area contributed by atoms with Crippen LogP contribution < -0.4 is 21.3 Å². The summed E-state index contributed by atoms with van der Waals surface area (Å²) in [5.74, 6) is -2.81. The molecule has 1 heterocycles. The Morgan fingerprint density at radius 1 is 1.03 bits per heavy atom. The van der Waals surface area contributed by atoms with Gasteiger partial charge in [0.1, 0.15) is 30.8 Å². The van der Waals surface area contributed by atoms with Gasteiger partial charge in [-0.15, -0.1) is 0 Å². The number of carbonyl (C=O) groups excluding carboxylic acids is 6. The number of nitrogens with one attached hydrogen (secondary N) is 4. The van der Waals surface area contributed by atoms with Crippen LogP contribution in [0, 0.1) is 5.92 Å². The van der Waals surface area contributed by atoms with Crippen LogP contribution in [0.2, 0.25) is 0 Å². The molecule has 1 aliphatic rings. The standard InChI is InChI=1S/C22H34N4O7S/c1-12(2)19-22(32)23-11-18(29)33-16(8-6-7-9-34-15(5)27)10-17(28)24-13(3)20(30)25-14(4)21(31)26-19/h6,8,12-14,16,19H,7,9-11H2,1-5H3,(H,23,32)(H,24,28)(H,25,30)(H,26,31)/b8-6+/t13-,14+,16-,19-/m1/s1. The summed E-state index contributed by atoms with van der Waals surface area (Å²) < 4.78 is 5.33. The molecule has 0 unspecified atom stereocenters. The number of carbonyl (C=O) groups is 6. The zero-order valence-electron chi connectivity index (χ0n) is 20.1. The minimum atomic E-state index is -0.956. The fourth-order valence-corrected chi connectivity index (χ4v) is 3.45. The van der Waals surface area contributed by atoms with Gasteiger partial charge in [-0.1, -0.05) is 31.7 Å². The first-order chi connectivity index (χ1) is 15.9. The van der Waals surface area contributed by atoms with Crippen LogP contribution in [0.3, 0.4) is 0 Å². The van der Waals surface area contributed by atoms with Gasteiger partial charge >= 0.3 is 5.97 Å². The van der Waals surface area contributed by atoms with Gasteiger partial charge in [-0.3, -0.25) is 28.8 Å². The van der Waals surface area contributed by atoms with Crippen LogP contribution >= 0.6 is 11.8 Å². The lowest BCUT2D eigenvalue weighted by Crippen LogP contribution is -2.57. The molecular formula is C22H34N4O7S. The minimum absolute atomic E-state index is 0.0165. The van der Waals surface area contributed by atoms with Crippen molar-refractivity contribution in [3.05, 3.63) is 12.2 Å². The van der Waals surface area contributed by atoms with Crippen molar-refractivity contribution in [2.45, 2.75) is 71.7 Å². The molecule has 0 aromatic carbocycles. The molecule has 4 N–H and O–H groups in total. The molecular weight excluding hydrogens is 464 g/mol. The van der Waals surface area contributed by atoms with E-state index in [-0.39, 0.29) is 17.5 Å². The van der Waals surface area contributed by atoms with Gasteiger partial charge in [-0.25, -0.2) is 0 Å². The van der Waals surface area contributed by atoms with E-state index >= 15 is 0 Å². The van der Waals surface area contributed by atoms with Crippen molar-refractivity contribution in [2.24, 2.45) is 5.92 Å². The van der Waals surface area contributed by atoms with Crippen molar-refractivity contribution in [1.29, 1.82) is 0 Å². The average molecular weight is 499 g/mol. The summed E-state index contributed by atoms with van der Waals surface area (Å²) in [5, 5.41) is 10.0. The molecule has 1 saturated heterocycles. The fourth-order valence-electron chi connectivity index (χ4n) is 2.91. The highest BCUT2D eigenvalue weighted by atomic mass is 32.2. The number of hydrogen-bond acceptors (Lipinski definition) is 8.